The first kappa shape index (κ1) is 20.3. The molecule has 1 aromatic carbocycles. The van der Waals surface area contributed by atoms with E-state index in [4.69, 9.17) is 9.72 Å². The predicted octanol–water partition coefficient (Wildman–Crippen LogP) is 3.14. The van der Waals surface area contributed by atoms with E-state index in [1.54, 1.807) is 0 Å². The van der Waals surface area contributed by atoms with Crippen molar-refractivity contribution in [2.24, 2.45) is 0 Å². The Kier molecular flexibility index (Phi) is 6.21. The standard InChI is InChI=1S/C22H30N6O2/c1-3-30-19-9-5-4-8-18(19)24-22(29)28-14-12-26(13-15-28)20-16-17(2)23-21(25-20)27-10-6-7-11-27/h4-5,8-9,16H,3,6-7,10-15H2,1-2H3,(H,24,29). The number of hydrogen-bond donors (Lipinski definition) is 1. The second-order valence-electron chi connectivity index (χ2n) is 7.70. The molecule has 0 spiro atoms. The van der Waals surface area contributed by atoms with Crippen molar-refractivity contribution in [2.75, 3.05) is 61.0 Å². The van der Waals surface area contributed by atoms with Crippen LogP contribution >= 0.6 is 0 Å². The number of nitrogens with zero attached hydrogens (tertiary/aromatic N) is 5. The highest BCUT2D eigenvalue weighted by Gasteiger charge is 2.24. The fourth-order valence-electron chi connectivity index (χ4n) is 3.94. The van der Waals surface area contributed by atoms with Crippen molar-refractivity contribution in [1.82, 2.24) is 14.9 Å². The maximum Gasteiger partial charge on any atom is 0.322 e. The monoisotopic (exact) mass is 410 g/mol. The summed E-state index contributed by atoms with van der Waals surface area (Å²) >= 11 is 0. The molecular weight excluding hydrogens is 380 g/mol. The Hall–Kier alpha value is -3.03. The van der Waals surface area contributed by atoms with Crippen molar-refractivity contribution >= 4 is 23.5 Å². The zero-order chi connectivity index (χ0) is 20.9. The van der Waals surface area contributed by atoms with Gasteiger partial charge in [-0.1, -0.05) is 12.1 Å². The molecule has 0 saturated carbocycles. The smallest absolute Gasteiger partial charge is 0.322 e. The normalized spacial score (nSPS) is 16.7. The number of carbonyl (C=O) groups excluding carboxylic acids is 1. The predicted molar refractivity (Wildman–Crippen MR) is 119 cm³/mol. The van der Waals surface area contributed by atoms with Crippen molar-refractivity contribution < 1.29 is 9.53 Å². The summed E-state index contributed by atoms with van der Waals surface area (Å²) in [5.41, 5.74) is 1.68. The van der Waals surface area contributed by atoms with Crippen LogP contribution in [0.4, 0.5) is 22.2 Å². The van der Waals surface area contributed by atoms with Crippen molar-refractivity contribution in [1.29, 1.82) is 0 Å². The number of carbonyl (C=O) groups is 1. The van der Waals surface area contributed by atoms with Gasteiger partial charge in [0.1, 0.15) is 11.6 Å². The van der Waals surface area contributed by atoms with E-state index >= 15 is 0 Å². The zero-order valence-electron chi connectivity index (χ0n) is 17.8. The lowest BCUT2D eigenvalue weighted by molar-refractivity contribution is 0.208. The molecule has 0 bridgehead atoms. The lowest BCUT2D eigenvalue weighted by atomic mass is 10.3. The molecule has 1 aromatic heterocycles. The van der Waals surface area contributed by atoms with Crippen LogP contribution in [0, 0.1) is 6.92 Å². The van der Waals surface area contributed by atoms with E-state index in [1.165, 1.54) is 12.8 Å². The van der Waals surface area contributed by atoms with Crippen LogP contribution in [0.15, 0.2) is 30.3 Å². The molecule has 0 unspecified atom stereocenters. The summed E-state index contributed by atoms with van der Waals surface area (Å²) in [6, 6.07) is 9.46. The van der Waals surface area contributed by atoms with E-state index in [0.29, 0.717) is 31.1 Å². The number of hydrogen-bond acceptors (Lipinski definition) is 6. The van der Waals surface area contributed by atoms with E-state index in [2.05, 4.69) is 20.1 Å². The lowest BCUT2D eigenvalue weighted by Gasteiger charge is -2.35. The van der Waals surface area contributed by atoms with E-state index in [-0.39, 0.29) is 6.03 Å². The lowest BCUT2D eigenvalue weighted by Crippen LogP contribution is -2.50. The number of rotatable bonds is 5. The Morgan fingerprint density at radius 1 is 1.03 bits per heavy atom. The number of nitrogens with one attached hydrogen (secondary N) is 1. The fourth-order valence-corrected chi connectivity index (χ4v) is 3.94. The van der Waals surface area contributed by atoms with E-state index < -0.39 is 0 Å². The van der Waals surface area contributed by atoms with Crippen molar-refractivity contribution in [3.63, 3.8) is 0 Å². The molecule has 0 radical (unpaired) electrons. The van der Waals surface area contributed by atoms with Crippen molar-refractivity contribution in [2.45, 2.75) is 26.7 Å². The minimum absolute atomic E-state index is 0.0987. The van der Waals surface area contributed by atoms with Gasteiger partial charge in [-0.2, -0.15) is 4.98 Å². The van der Waals surface area contributed by atoms with Gasteiger partial charge in [0.05, 0.1) is 12.3 Å². The summed E-state index contributed by atoms with van der Waals surface area (Å²) in [6.45, 7) is 9.35. The SMILES string of the molecule is CCOc1ccccc1NC(=O)N1CCN(c2cc(C)nc(N3CCCC3)n2)CC1. The molecule has 1 N–H and O–H groups in total. The third-order valence-electron chi connectivity index (χ3n) is 5.54. The molecule has 2 aromatic rings. The van der Waals surface area contributed by atoms with Crippen LogP contribution in [0.3, 0.4) is 0 Å². The van der Waals surface area contributed by atoms with Gasteiger partial charge in [-0.15, -0.1) is 0 Å². The van der Waals surface area contributed by atoms with E-state index in [0.717, 1.165) is 43.6 Å². The van der Waals surface area contributed by atoms with Crippen LogP contribution in [0.1, 0.15) is 25.5 Å². The number of piperazine rings is 1. The summed E-state index contributed by atoms with van der Waals surface area (Å²) in [5.74, 6) is 2.47. The van der Waals surface area contributed by atoms with E-state index in [1.807, 2.05) is 49.1 Å². The highest BCUT2D eigenvalue weighted by atomic mass is 16.5. The Balaban J connectivity index is 1.38. The second kappa shape index (κ2) is 9.19. The molecule has 2 aliphatic heterocycles. The molecule has 2 amide bonds. The van der Waals surface area contributed by atoms with E-state index in [9.17, 15) is 4.79 Å². The minimum Gasteiger partial charge on any atom is -0.492 e. The van der Waals surface area contributed by atoms with Crippen LogP contribution in [0.25, 0.3) is 0 Å². The maximum atomic E-state index is 12.8. The summed E-state index contributed by atoms with van der Waals surface area (Å²) in [5, 5.41) is 2.99. The van der Waals surface area contributed by atoms with Gasteiger partial charge >= 0.3 is 6.03 Å². The molecule has 30 heavy (non-hydrogen) atoms. The number of benzene rings is 1. The topological polar surface area (TPSA) is 73.8 Å². The molecule has 8 heteroatoms. The first-order valence-corrected chi connectivity index (χ1v) is 10.8. The summed E-state index contributed by atoms with van der Waals surface area (Å²) in [4.78, 5) is 28.5. The summed E-state index contributed by atoms with van der Waals surface area (Å²) in [6.07, 6.45) is 2.40. The maximum absolute atomic E-state index is 12.8. The Morgan fingerprint density at radius 3 is 2.50 bits per heavy atom. The third-order valence-corrected chi connectivity index (χ3v) is 5.54. The molecule has 2 fully saturated rings. The van der Waals surface area contributed by atoms with Crippen LogP contribution in [-0.4, -0.2) is 66.8 Å². The quantitative estimate of drug-likeness (QED) is 0.816. The van der Waals surface area contributed by atoms with Gasteiger partial charge in [0, 0.05) is 51.0 Å². The summed E-state index contributed by atoms with van der Waals surface area (Å²) in [7, 11) is 0. The molecule has 8 nitrogen and oxygen atoms in total. The molecule has 0 atom stereocenters. The summed E-state index contributed by atoms with van der Waals surface area (Å²) < 4.78 is 5.61. The minimum atomic E-state index is -0.0987. The van der Waals surface area contributed by atoms with Crippen LogP contribution in [0.5, 0.6) is 5.75 Å². The van der Waals surface area contributed by atoms with Crippen molar-refractivity contribution in [3.8, 4) is 5.75 Å². The third kappa shape index (κ3) is 4.58. The number of aryl methyl sites for hydroxylation is 1. The first-order chi connectivity index (χ1) is 14.6. The number of urea groups is 1. The largest absolute Gasteiger partial charge is 0.492 e. The van der Waals surface area contributed by atoms with Crippen LogP contribution < -0.4 is 19.9 Å². The van der Waals surface area contributed by atoms with Crippen molar-refractivity contribution in [3.05, 3.63) is 36.0 Å². The first-order valence-electron chi connectivity index (χ1n) is 10.8. The highest BCUT2D eigenvalue weighted by Crippen LogP contribution is 2.25. The Bertz CT molecular complexity index is 876. The van der Waals surface area contributed by atoms with Gasteiger partial charge in [0.15, 0.2) is 0 Å². The average Bonchev–Trinajstić information content (AvgIpc) is 3.30. The molecular formula is C22H30N6O2. The van der Waals surface area contributed by atoms with Crippen LogP contribution in [0.2, 0.25) is 0 Å². The fraction of sp³-hybridized carbons (Fsp3) is 0.500. The van der Waals surface area contributed by atoms with Gasteiger partial charge in [-0.25, -0.2) is 9.78 Å². The molecule has 160 valence electrons. The Labute approximate surface area is 177 Å². The van der Waals surface area contributed by atoms with Crippen LogP contribution in [-0.2, 0) is 0 Å². The Morgan fingerprint density at radius 2 is 1.77 bits per heavy atom. The number of anilines is 3. The molecule has 0 aliphatic carbocycles. The molecule has 2 aliphatic rings. The molecule has 2 saturated heterocycles. The van der Waals surface area contributed by atoms with Gasteiger partial charge in [-0.3, -0.25) is 0 Å². The van der Waals surface area contributed by atoms with Gasteiger partial charge in [0.2, 0.25) is 5.95 Å². The van der Waals surface area contributed by atoms with Gasteiger partial charge in [-0.05, 0) is 38.8 Å². The van der Waals surface area contributed by atoms with Gasteiger partial charge in [0.25, 0.3) is 0 Å². The number of para-hydroxylation sites is 2. The molecule has 3 heterocycles. The number of aromatic nitrogens is 2. The average molecular weight is 411 g/mol. The van der Waals surface area contributed by atoms with Gasteiger partial charge < -0.3 is 24.8 Å². The number of ether oxygens (including phenoxy) is 1. The highest BCUT2D eigenvalue weighted by molar-refractivity contribution is 5.91. The zero-order valence-corrected chi connectivity index (χ0v) is 17.8. The number of amides is 2. The molecule has 4 rings (SSSR count). The second-order valence-corrected chi connectivity index (χ2v) is 7.70.